The van der Waals surface area contributed by atoms with Gasteiger partial charge in [-0.05, 0) is 43.1 Å². The molecule has 2 aromatic heterocycles. The van der Waals surface area contributed by atoms with E-state index in [0.717, 1.165) is 18.4 Å². The number of halogens is 3. The third kappa shape index (κ3) is 7.29. The number of hydrogen-bond acceptors (Lipinski definition) is 7. The summed E-state index contributed by atoms with van der Waals surface area (Å²) < 4.78 is 41.2. The zero-order chi connectivity index (χ0) is 24.1. The molecule has 1 aliphatic carbocycles. The highest BCUT2D eigenvalue weighted by Gasteiger charge is 2.36. The molecule has 1 fully saturated rings. The first-order valence-electron chi connectivity index (χ1n) is 10.9. The molecule has 1 aliphatic rings. The molecule has 0 amide bonds. The first kappa shape index (κ1) is 24.7. The lowest BCUT2D eigenvalue weighted by Gasteiger charge is -2.40. The summed E-state index contributed by atoms with van der Waals surface area (Å²) in [5, 5.41) is 23.0. The van der Waals surface area contributed by atoms with E-state index in [1.807, 2.05) is 13.8 Å². The summed E-state index contributed by atoms with van der Waals surface area (Å²) in [5.41, 5.74) is 1.03. The average Bonchev–Trinajstić information content (AvgIpc) is 2.75. The van der Waals surface area contributed by atoms with Crippen molar-refractivity contribution in [1.82, 2.24) is 15.0 Å². The molecular formula is C23H28F3N5O2. The topological polar surface area (TPSA) is 104 Å². The molecule has 0 aliphatic heterocycles. The highest BCUT2D eigenvalue weighted by Crippen LogP contribution is 2.36. The largest absolute Gasteiger partial charge is 0.468 e. The van der Waals surface area contributed by atoms with Crippen LogP contribution in [0.15, 0.2) is 24.5 Å². The van der Waals surface area contributed by atoms with Crippen molar-refractivity contribution in [3.63, 3.8) is 0 Å². The predicted molar refractivity (Wildman–Crippen MR) is 116 cm³/mol. The number of aliphatic hydroxyl groups excluding tert-OH is 1. The summed E-state index contributed by atoms with van der Waals surface area (Å²) in [5.74, 6) is 1.04. The number of nitriles is 1. The number of ether oxygens (including phenoxy) is 1. The van der Waals surface area contributed by atoms with E-state index in [0.29, 0.717) is 42.9 Å². The van der Waals surface area contributed by atoms with Gasteiger partial charge in [0.25, 0.3) is 0 Å². The maximum atomic E-state index is 12.2. The lowest BCUT2D eigenvalue weighted by molar-refractivity contribution is -0.154. The SMILES string of the molecule is CC1(C)C[C@H](Nc2nc(CCCc3ccc(OCC(F)(F)F)nc3)ncc2C#N)CC[C@@H]1O. The number of hydrogen-bond donors (Lipinski definition) is 2. The van der Waals surface area contributed by atoms with Gasteiger partial charge in [-0.1, -0.05) is 19.9 Å². The molecule has 0 aromatic carbocycles. The normalized spacial score (nSPS) is 20.2. The molecular weight excluding hydrogens is 435 g/mol. The molecule has 0 unspecified atom stereocenters. The molecule has 1 saturated carbocycles. The van der Waals surface area contributed by atoms with Crippen LogP contribution >= 0.6 is 0 Å². The minimum absolute atomic E-state index is 0.0689. The van der Waals surface area contributed by atoms with E-state index in [1.54, 1.807) is 6.07 Å². The standard InChI is InChI=1S/C23H28F3N5O2/c1-22(2)10-17(7-8-18(22)32)30-21-16(11-27)13-28-19(31-21)5-3-4-15-6-9-20(29-12-15)33-14-23(24,25)26/h6,9,12-13,17-18,32H,3-5,7-8,10,14H2,1-2H3,(H,28,30,31)/t17-,18+/m1/s1. The van der Waals surface area contributed by atoms with Crippen molar-refractivity contribution in [2.24, 2.45) is 5.41 Å². The number of pyridine rings is 1. The maximum absolute atomic E-state index is 12.2. The van der Waals surface area contributed by atoms with Crippen molar-refractivity contribution in [3.8, 4) is 11.9 Å². The molecule has 178 valence electrons. The number of aliphatic hydroxyl groups is 1. The van der Waals surface area contributed by atoms with Crippen LogP contribution in [0.5, 0.6) is 5.88 Å². The zero-order valence-electron chi connectivity index (χ0n) is 18.7. The second-order valence-electron chi connectivity index (χ2n) is 9.05. The molecule has 2 heterocycles. The summed E-state index contributed by atoms with van der Waals surface area (Å²) in [7, 11) is 0. The first-order valence-corrected chi connectivity index (χ1v) is 10.9. The van der Waals surface area contributed by atoms with Crippen LogP contribution in [-0.2, 0) is 12.8 Å². The summed E-state index contributed by atoms with van der Waals surface area (Å²) >= 11 is 0. The number of aryl methyl sites for hydroxylation is 2. The zero-order valence-corrected chi connectivity index (χ0v) is 18.7. The highest BCUT2D eigenvalue weighted by atomic mass is 19.4. The molecule has 0 saturated heterocycles. The van der Waals surface area contributed by atoms with Gasteiger partial charge in [-0.15, -0.1) is 0 Å². The van der Waals surface area contributed by atoms with Gasteiger partial charge in [0.2, 0.25) is 5.88 Å². The molecule has 2 aromatic rings. The van der Waals surface area contributed by atoms with Crippen molar-refractivity contribution in [3.05, 3.63) is 41.5 Å². The Bertz CT molecular complexity index is 974. The lowest BCUT2D eigenvalue weighted by atomic mass is 9.73. The molecule has 10 heteroatoms. The Kier molecular flexibility index (Phi) is 7.74. The molecule has 33 heavy (non-hydrogen) atoms. The Balaban J connectivity index is 1.55. The van der Waals surface area contributed by atoms with Gasteiger partial charge in [0.05, 0.1) is 12.3 Å². The van der Waals surface area contributed by atoms with Gasteiger partial charge in [0.15, 0.2) is 6.61 Å². The molecule has 2 N–H and O–H groups in total. The Morgan fingerprint density at radius 1 is 1.21 bits per heavy atom. The van der Waals surface area contributed by atoms with Crippen molar-refractivity contribution < 1.29 is 23.0 Å². The van der Waals surface area contributed by atoms with E-state index in [-0.39, 0.29) is 23.4 Å². The summed E-state index contributed by atoms with van der Waals surface area (Å²) in [4.78, 5) is 12.7. The first-order chi connectivity index (χ1) is 15.6. The number of alkyl halides is 3. The number of rotatable bonds is 8. The van der Waals surface area contributed by atoms with Gasteiger partial charge in [0, 0.05) is 24.7 Å². The summed E-state index contributed by atoms with van der Waals surface area (Å²) in [6.45, 7) is 2.70. The lowest BCUT2D eigenvalue weighted by Crippen LogP contribution is -2.41. The van der Waals surface area contributed by atoms with E-state index >= 15 is 0 Å². The maximum Gasteiger partial charge on any atom is 0.422 e. The second kappa shape index (κ2) is 10.3. The molecule has 0 spiro atoms. The van der Waals surface area contributed by atoms with Crippen LogP contribution in [0, 0.1) is 16.7 Å². The fraction of sp³-hybridized carbons (Fsp3) is 0.565. The van der Waals surface area contributed by atoms with Crippen LogP contribution in [-0.4, -0.2) is 45.0 Å². The Labute approximate surface area is 191 Å². The van der Waals surface area contributed by atoms with Gasteiger partial charge >= 0.3 is 6.18 Å². The van der Waals surface area contributed by atoms with Crippen LogP contribution < -0.4 is 10.1 Å². The third-order valence-corrected chi connectivity index (χ3v) is 5.81. The molecule has 2 atom stereocenters. The van der Waals surface area contributed by atoms with Gasteiger partial charge in [-0.2, -0.15) is 18.4 Å². The number of nitrogens with one attached hydrogen (secondary N) is 1. The van der Waals surface area contributed by atoms with Crippen molar-refractivity contribution in [2.45, 2.75) is 70.7 Å². The summed E-state index contributed by atoms with van der Waals surface area (Å²) in [6, 6.07) is 5.34. The van der Waals surface area contributed by atoms with Gasteiger partial charge < -0.3 is 15.2 Å². The van der Waals surface area contributed by atoms with Crippen LogP contribution in [0.2, 0.25) is 0 Å². The van der Waals surface area contributed by atoms with Crippen molar-refractivity contribution in [2.75, 3.05) is 11.9 Å². The quantitative estimate of drug-likeness (QED) is 0.604. The van der Waals surface area contributed by atoms with Crippen LogP contribution in [0.25, 0.3) is 0 Å². The predicted octanol–water partition coefficient (Wildman–Crippen LogP) is 4.21. The van der Waals surface area contributed by atoms with Crippen LogP contribution in [0.1, 0.15) is 56.5 Å². The molecule has 0 radical (unpaired) electrons. The number of nitrogens with zero attached hydrogens (tertiary/aromatic N) is 4. The molecule has 7 nitrogen and oxygen atoms in total. The Morgan fingerprint density at radius 2 is 2.00 bits per heavy atom. The molecule has 0 bridgehead atoms. The van der Waals surface area contributed by atoms with E-state index in [1.165, 1.54) is 18.5 Å². The molecule has 3 rings (SSSR count). The third-order valence-electron chi connectivity index (χ3n) is 5.81. The Morgan fingerprint density at radius 3 is 2.64 bits per heavy atom. The van der Waals surface area contributed by atoms with Gasteiger partial charge in [-0.3, -0.25) is 0 Å². The number of aromatic nitrogens is 3. The smallest absolute Gasteiger partial charge is 0.422 e. The van der Waals surface area contributed by atoms with E-state index in [2.05, 4.69) is 31.1 Å². The monoisotopic (exact) mass is 463 g/mol. The number of anilines is 1. The Hall–Kier alpha value is -2.93. The van der Waals surface area contributed by atoms with Crippen molar-refractivity contribution >= 4 is 5.82 Å². The van der Waals surface area contributed by atoms with Crippen molar-refractivity contribution in [1.29, 1.82) is 5.26 Å². The minimum Gasteiger partial charge on any atom is -0.468 e. The minimum atomic E-state index is -4.40. The van der Waals surface area contributed by atoms with E-state index in [4.69, 9.17) is 0 Å². The highest BCUT2D eigenvalue weighted by molar-refractivity contribution is 5.51. The van der Waals surface area contributed by atoms with E-state index < -0.39 is 12.8 Å². The van der Waals surface area contributed by atoms with Gasteiger partial charge in [0.1, 0.15) is 23.3 Å². The van der Waals surface area contributed by atoms with Crippen LogP contribution in [0.3, 0.4) is 0 Å². The average molecular weight is 464 g/mol. The summed E-state index contributed by atoms with van der Waals surface area (Å²) in [6.07, 6.45) is 2.46. The van der Waals surface area contributed by atoms with Gasteiger partial charge in [-0.25, -0.2) is 15.0 Å². The van der Waals surface area contributed by atoms with Crippen LogP contribution in [0.4, 0.5) is 19.0 Å². The fourth-order valence-electron chi connectivity index (χ4n) is 3.92. The van der Waals surface area contributed by atoms with E-state index in [9.17, 15) is 23.5 Å². The fourth-order valence-corrected chi connectivity index (χ4v) is 3.92. The second-order valence-corrected chi connectivity index (χ2v) is 9.05.